The zero-order valence-electron chi connectivity index (χ0n) is 9.09. The highest BCUT2D eigenvalue weighted by Crippen LogP contribution is 2.18. The molecule has 2 heterocycles. The molecule has 1 aliphatic heterocycles. The second kappa shape index (κ2) is 4.93. The van der Waals surface area contributed by atoms with Crippen molar-refractivity contribution in [1.82, 2.24) is 10.3 Å². The number of nitrogens with one attached hydrogen (secondary N) is 1. The number of hydrogen-bond acceptors (Lipinski definition) is 4. The van der Waals surface area contributed by atoms with Crippen LogP contribution in [0.25, 0.3) is 0 Å². The number of sulfone groups is 1. The van der Waals surface area contributed by atoms with Crippen molar-refractivity contribution in [1.29, 1.82) is 0 Å². The van der Waals surface area contributed by atoms with Crippen LogP contribution in [0.15, 0.2) is 29.4 Å². The number of aromatic nitrogens is 1. The first kappa shape index (κ1) is 11.5. The molecule has 0 unspecified atom stereocenters. The Balaban J connectivity index is 2.08. The van der Waals surface area contributed by atoms with Gasteiger partial charge in [-0.2, -0.15) is 0 Å². The molecule has 16 heavy (non-hydrogen) atoms. The minimum Gasteiger partial charge on any atom is -0.317 e. The summed E-state index contributed by atoms with van der Waals surface area (Å²) in [5.74, 6) is 0.499. The molecule has 1 aromatic rings. The summed E-state index contributed by atoms with van der Waals surface area (Å²) in [4.78, 5) is 3.91. The maximum Gasteiger partial charge on any atom is 0.195 e. The number of pyridine rings is 1. The third kappa shape index (κ3) is 2.80. The summed E-state index contributed by atoms with van der Waals surface area (Å²) in [7, 11) is -3.20. The Labute approximate surface area is 96.0 Å². The first-order valence-corrected chi connectivity index (χ1v) is 7.18. The van der Waals surface area contributed by atoms with Gasteiger partial charge in [-0.1, -0.05) is 6.07 Å². The van der Waals surface area contributed by atoms with E-state index in [4.69, 9.17) is 0 Å². The molecule has 0 saturated carbocycles. The van der Waals surface area contributed by atoms with E-state index in [0.29, 0.717) is 0 Å². The number of piperidine rings is 1. The van der Waals surface area contributed by atoms with Gasteiger partial charge in [-0.3, -0.25) is 0 Å². The molecule has 1 fully saturated rings. The summed E-state index contributed by atoms with van der Waals surface area (Å²) < 4.78 is 24.0. The fourth-order valence-electron chi connectivity index (χ4n) is 1.98. The van der Waals surface area contributed by atoms with Gasteiger partial charge in [0, 0.05) is 6.20 Å². The van der Waals surface area contributed by atoms with Crippen LogP contribution in [0.5, 0.6) is 0 Å². The van der Waals surface area contributed by atoms with Crippen LogP contribution in [0.3, 0.4) is 0 Å². The lowest BCUT2D eigenvalue weighted by molar-refractivity contribution is 0.401. The van der Waals surface area contributed by atoms with Gasteiger partial charge in [0.15, 0.2) is 14.9 Å². The normalized spacial score (nSPS) is 18.5. The standard InChI is InChI=1S/C11H16N2O2S/c14-16(15,11-3-1-2-6-13-11)9-10-4-7-12-8-5-10/h1-3,6,10,12H,4-5,7-9H2. The molecule has 1 aliphatic rings. The molecule has 0 spiro atoms. The molecule has 1 saturated heterocycles. The highest BCUT2D eigenvalue weighted by molar-refractivity contribution is 7.91. The van der Waals surface area contributed by atoms with E-state index >= 15 is 0 Å². The monoisotopic (exact) mass is 240 g/mol. The maximum atomic E-state index is 12.0. The van der Waals surface area contributed by atoms with Crippen molar-refractivity contribution in [3.05, 3.63) is 24.4 Å². The van der Waals surface area contributed by atoms with Crippen LogP contribution in [0.4, 0.5) is 0 Å². The topological polar surface area (TPSA) is 59.1 Å². The molecular weight excluding hydrogens is 224 g/mol. The van der Waals surface area contributed by atoms with E-state index in [-0.39, 0.29) is 16.7 Å². The van der Waals surface area contributed by atoms with Gasteiger partial charge in [0.25, 0.3) is 0 Å². The average molecular weight is 240 g/mol. The Morgan fingerprint density at radius 1 is 1.31 bits per heavy atom. The summed E-state index contributed by atoms with van der Waals surface area (Å²) in [5.41, 5.74) is 0. The van der Waals surface area contributed by atoms with Crippen molar-refractivity contribution in [3.8, 4) is 0 Å². The van der Waals surface area contributed by atoms with E-state index in [1.54, 1.807) is 18.2 Å². The number of rotatable bonds is 3. The van der Waals surface area contributed by atoms with Gasteiger partial charge in [-0.15, -0.1) is 0 Å². The maximum absolute atomic E-state index is 12.0. The second-order valence-corrected chi connectivity index (χ2v) is 6.12. The van der Waals surface area contributed by atoms with Crippen LogP contribution in [-0.2, 0) is 9.84 Å². The third-order valence-electron chi connectivity index (χ3n) is 2.87. The molecule has 4 nitrogen and oxygen atoms in total. The Hall–Kier alpha value is -0.940. The molecule has 0 amide bonds. The molecule has 0 aromatic carbocycles. The predicted octanol–water partition coefficient (Wildman–Crippen LogP) is 0.855. The van der Waals surface area contributed by atoms with Gasteiger partial charge in [-0.05, 0) is 44.0 Å². The van der Waals surface area contributed by atoms with Crippen molar-refractivity contribution in [2.24, 2.45) is 5.92 Å². The van der Waals surface area contributed by atoms with Crippen LogP contribution in [0, 0.1) is 5.92 Å². The third-order valence-corrected chi connectivity index (χ3v) is 4.66. The second-order valence-electron chi connectivity index (χ2n) is 4.14. The van der Waals surface area contributed by atoms with Gasteiger partial charge in [-0.25, -0.2) is 13.4 Å². The van der Waals surface area contributed by atoms with Gasteiger partial charge in [0.05, 0.1) is 5.75 Å². The average Bonchev–Trinajstić information content (AvgIpc) is 2.31. The van der Waals surface area contributed by atoms with E-state index in [9.17, 15) is 8.42 Å². The molecule has 5 heteroatoms. The molecule has 1 aromatic heterocycles. The number of hydrogen-bond donors (Lipinski definition) is 1. The van der Waals surface area contributed by atoms with Crippen LogP contribution in [0.2, 0.25) is 0 Å². The minimum atomic E-state index is -3.20. The number of nitrogens with zero attached hydrogens (tertiary/aromatic N) is 1. The fraction of sp³-hybridized carbons (Fsp3) is 0.545. The summed E-state index contributed by atoms with van der Waals surface area (Å²) in [6, 6.07) is 5.00. The quantitative estimate of drug-likeness (QED) is 0.851. The molecule has 0 bridgehead atoms. The zero-order valence-corrected chi connectivity index (χ0v) is 9.91. The van der Waals surface area contributed by atoms with Crippen LogP contribution >= 0.6 is 0 Å². The van der Waals surface area contributed by atoms with Crippen LogP contribution < -0.4 is 5.32 Å². The van der Waals surface area contributed by atoms with E-state index < -0.39 is 9.84 Å². The molecule has 2 rings (SSSR count). The van der Waals surface area contributed by atoms with E-state index in [1.807, 2.05) is 0 Å². The first-order valence-electron chi connectivity index (χ1n) is 5.53. The highest BCUT2D eigenvalue weighted by Gasteiger charge is 2.23. The highest BCUT2D eigenvalue weighted by atomic mass is 32.2. The SMILES string of the molecule is O=S(=O)(CC1CCNCC1)c1ccccn1. The Morgan fingerprint density at radius 2 is 2.06 bits per heavy atom. The smallest absolute Gasteiger partial charge is 0.195 e. The molecule has 0 atom stereocenters. The lowest BCUT2D eigenvalue weighted by Gasteiger charge is -2.21. The van der Waals surface area contributed by atoms with Gasteiger partial charge >= 0.3 is 0 Å². The Bertz CT molecular complexity index is 425. The largest absolute Gasteiger partial charge is 0.317 e. The van der Waals surface area contributed by atoms with Crippen LogP contribution in [0.1, 0.15) is 12.8 Å². The predicted molar refractivity (Wildman–Crippen MR) is 61.9 cm³/mol. The van der Waals surface area contributed by atoms with E-state index in [0.717, 1.165) is 25.9 Å². The lowest BCUT2D eigenvalue weighted by atomic mass is 10.0. The fourth-order valence-corrected chi connectivity index (χ4v) is 3.61. The minimum absolute atomic E-state index is 0.202. The molecule has 0 aliphatic carbocycles. The van der Waals surface area contributed by atoms with Gasteiger partial charge in [0.2, 0.25) is 0 Å². The van der Waals surface area contributed by atoms with Crippen molar-refractivity contribution >= 4 is 9.84 Å². The molecule has 88 valence electrons. The molecule has 1 N–H and O–H groups in total. The van der Waals surface area contributed by atoms with E-state index in [1.165, 1.54) is 6.20 Å². The van der Waals surface area contributed by atoms with Crippen molar-refractivity contribution < 1.29 is 8.42 Å². The first-order chi connectivity index (χ1) is 7.68. The van der Waals surface area contributed by atoms with Crippen molar-refractivity contribution in [3.63, 3.8) is 0 Å². The summed E-state index contributed by atoms with van der Waals surface area (Å²) in [5, 5.41) is 3.43. The van der Waals surface area contributed by atoms with Crippen LogP contribution in [-0.4, -0.2) is 32.2 Å². The van der Waals surface area contributed by atoms with Crippen molar-refractivity contribution in [2.75, 3.05) is 18.8 Å². The van der Waals surface area contributed by atoms with Crippen molar-refractivity contribution in [2.45, 2.75) is 17.9 Å². The van der Waals surface area contributed by atoms with E-state index in [2.05, 4.69) is 10.3 Å². The van der Waals surface area contributed by atoms with Gasteiger partial charge < -0.3 is 5.32 Å². The van der Waals surface area contributed by atoms with Gasteiger partial charge in [0.1, 0.15) is 0 Å². The zero-order chi connectivity index (χ0) is 11.4. The Kier molecular flexibility index (Phi) is 3.56. The molecule has 0 radical (unpaired) electrons. The summed E-state index contributed by atoms with van der Waals surface area (Å²) in [6.07, 6.45) is 3.40. The summed E-state index contributed by atoms with van der Waals surface area (Å²) >= 11 is 0. The summed E-state index contributed by atoms with van der Waals surface area (Å²) in [6.45, 7) is 1.84. The lowest BCUT2D eigenvalue weighted by Crippen LogP contribution is -2.31. The Morgan fingerprint density at radius 3 is 2.69 bits per heavy atom. The molecular formula is C11H16N2O2S.